The minimum atomic E-state index is -4.39. The molecule has 3 rings (SSSR count). The smallest absolute Gasteiger partial charge is 0.368 e. The Hall–Kier alpha value is -2.77. The van der Waals surface area contributed by atoms with Crippen LogP contribution in [0.4, 0.5) is 28.0 Å². The van der Waals surface area contributed by atoms with Crippen molar-refractivity contribution in [2.75, 3.05) is 31.1 Å². The van der Waals surface area contributed by atoms with Crippen LogP contribution in [0.2, 0.25) is 0 Å². The summed E-state index contributed by atoms with van der Waals surface area (Å²) >= 11 is 0. The maximum atomic E-state index is 13.8. The molecule has 2 aromatic carbocycles. The zero-order valence-electron chi connectivity index (χ0n) is 15.3. The van der Waals surface area contributed by atoms with Crippen molar-refractivity contribution in [3.05, 3.63) is 65.5 Å². The molecule has 1 fully saturated rings. The number of carbonyl (C=O) groups is 1. The van der Waals surface area contributed by atoms with Crippen LogP contribution in [0.15, 0.2) is 48.5 Å². The summed E-state index contributed by atoms with van der Waals surface area (Å²) in [6.45, 7) is 3.28. The zero-order chi connectivity index (χ0) is 20.3. The first-order chi connectivity index (χ1) is 13.3. The SMILES string of the molecule is C[C@@H](NC(=O)N1CCN(c2cccc(C(F)(F)F)c2)CC1)c1ccccc1F. The van der Waals surface area contributed by atoms with E-state index in [2.05, 4.69) is 5.32 Å². The number of hydrogen-bond acceptors (Lipinski definition) is 2. The van der Waals surface area contributed by atoms with Crippen molar-refractivity contribution in [3.63, 3.8) is 0 Å². The van der Waals surface area contributed by atoms with Crippen LogP contribution in [0.25, 0.3) is 0 Å². The first kappa shape index (κ1) is 20.0. The third kappa shape index (κ3) is 4.55. The second-order valence-corrected chi connectivity index (χ2v) is 6.71. The molecule has 1 N–H and O–H groups in total. The van der Waals surface area contributed by atoms with E-state index >= 15 is 0 Å². The summed E-state index contributed by atoms with van der Waals surface area (Å²) < 4.78 is 52.5. The molecule has 2 amide bonds. The molecule has 4 nitrogen and oxygen atoms in total. The molecule has 1 saturated heterocycles. The Kier molecular flexibility index (Phi) is 5.76. The van der Waals surface area contributed by atoms with Gasteiger partial charge in [0.05, 0.1) is 11.6 Å². The predicted octanol–water partition coefficient (Wildman–Crippen LogP) is 4.44. The van der Waals surface area contributed by atoms with E-state index in [1.807, 2.05) is 4.90 Å². The number of halogens is 4. The van der Waals surface area contributed by atoms with Gasteiger partial charge in [-0.2, -0.15) is 13.2 Å². The number of hydrogen-bond donors (Lipinski definition) is 1. The summed E-state index contributed by atoms with van der Waals surface area (Å²) in [5.74, 6) is -0.385. The number of amides is 2. The average Bonchev–Trinajstić information content (AvgIpc) is 2.68. The Morgan fingerprint density at radius 2 is 1.71 bits per heavy atom. The molecular weight excluding hydrogens is 374 g/mol. The minimum absolute atomic E-state index is 0.320. The molecule has 1 heterocycles. The van der Waals surface area contributed by atoms with Gasteiger partial charge in [0.1, 0.15) is 5.82 Å². The van der Waals surface area contributed by atoms with E-state index in [1.54, 1.807) is 36.1 Å². The molecule has 8 heteroatoms. The second kappa shape index (κ2) is 8.08. The topological polar surface area (TPSA) is 35.6 Å². The largest absolute Gasteiger partial charge is 0.416 e. The number of alkyl halides is 3. The van der Waals surface area contributed by atoms with Crippen molar-refractivity contribution in [3.8, 4) is 0 Å². The van der Waals surface area contributed by atoms with Crippen LogP contribution in [-0.4, -0.2) is 37.1 Å². The van der Waals surface area contributed by atoms with Gasteiger partial charge in [-0.1, -0.05) is 24.3 Å². The van der Waals surface area contributed by atoms with Gasteiger partial charge in [-0.3, -0.25) is 0 Å². The summed E-state index contributed by atoms with van der Waals surface area (Å²) in [5, 5.41) is 2.77. The van der Waals surface area contributed by atoms with Crippen LogP contribution in [0.3, 0.4) is 0 Å². The summed E-state index contributed by atoms with van der Waals surface area (Å²) in [4.78, 5) is 15.9. The third-order valence-electron chi connectivity index (χ3n) is 4.82. The second-order valence-electron chi connectivity index (χ2n) is 6.71. The number of anilines is 1. The van der Waals surface area contributed by atoms with Crippen molar-refractivity contribution in [2.24, 2.45) is 0 Å². The van der Waals surface area contributed by atoms with E-state index in [4.69, 9.17) is 0 Å². The Labute approximate surface area is 160 Å². The molecule has 150 valence electrons. The fourth-order valence-corrected chi connectivity index (χ4v) is 3.23. The van der Waals surface area contributed by atoms with Crippen LogP contribution in [0.1, 0.15) is 24.1 Å². The highest BCUT2D eigenvalue weighted by molar-refractivity contribution is 5.75. The van der Waals surface area contributed by atoms with E-state index in [0.29, 0.717) is 37.4 Å². The van der Waals surface area contributed by atoms with Gasteiger partial charge in [-0.25, -0.2) is 9.18 Å². The van der Waals surface area contributed by atoms with E-state index in [-0.39, 0.29) is 11.8 Å². The average molecular weight is 395 g/mol. The van der Waals surface area contributed by atoms with Crippen LogP contribution in [-0.2, 0) is 6.18 Å². The molecule has 1 atom stereocenters. The lowest BCUT2D eigenvalue weighted by Crippen LogP contribution is -2.52. The lowest BCUT2D eigenvalue weighted by atomic mass is 10.1. The van der Waals surface area contributed by atoms with E-state index in [9.17, 15) is 22.4 Å². The summed E-state index contributed by atoms with van der Waals surface area (Å²) in [5.41, 5.74) is 0.192. The number of rotatable bonds is 3. The van der Waals surface area contributed by atoms with Gasteiger partial charge in [-0.05, 0) is 31.2 Å². The fraction of sp³-hybridized carbons (Fsp3) is 0.350. The van der Waals surface area contributed by atoms with Gasteiger partial charge >= 0.3 is 12.2 Å². The van der Waals surface area contributed by atoms with Gasteiger partial charge in [0.2, 0.25) is 0 Å². The van der Waals surface area contributed by atoms with Crippen LogP contribution < -0.4 is 10.2 Å². The molecule has 2 aromatic rings. The van der Waals surface area contributed by atoms with Gasteiger partial charge in [-0.15, -0.1) is 0 Å². The Bertz CT molecular complexity index is 832. The van der Waals surface area contributed by atoms with Crippen molar-refractivity contribution < 1.29 is 22.4 Å². The highest BCUT2D eigenvalue weighted by atomic mass is 19.4. The minimum Gasteiger partial charge on any atom is -0.368 e. The molecule has 0 radical (unpaired) electrons. The van der Waals surface area contributed by atoms with E-state index in [1.165, 1.54) is 12.1 Å². The lowest BCUT2D eigenvalue weighted by Gasteiger charge is -2.36. The highest BCUT2D eigenvalue weighted by Crippen LogP contribution is 2.31. The van der Waals surface area contributed by atoms with Crippen LogP contribution in [0, 0.1) is 5.82 Å². The molecule has 0 bridgehead atoms. The first-order valence-corrected chi connectivity index (χ1v) is 8.98. The fourth-order valence-electron chi connectivity index (χ4n) is 3.23. The van der Waals surface area contributed by atoms with Crippen molar-refractivity contribution >= 4 is 11.7 Å². The number of nitrogens with one attached hydrogen (secondary N) is 1. The number of piperazine rings is 1. The summed E-state index contributed by atoms with van der Waals surface area (Å²) in [6, 6.07) is 10.6. The molecule has 0 saturated carbocycles. The summed E-state index contributed by atoms with van der Waals surface area (Å²) in [7, 11) is 0. The Morgan fingerprint density at radius 1 is 1.04 bits per heavy atom. The molecule has 1 aliphatic rings. The Balaban J connectivity index is 1.58. The maximum Gasteiger partial charge on any atom is 0.416 e. The number of nitrogens with zero attached hydrogens (tertiary/aromatic N) is 2. The molecule has 0 unspecified atom stereocenters. The number of benzene rings is 2. The lowest BCUT2D eigenvalue weighted by molar-refractivity contribution is -0.137. The van der Waals surface area contributed by atoms with Gasteiger partial charge in [0, 0.05) is 37.4 Å². The number of urea groups is 1. The standard InChI is InChI=1S/C20H21F4N3O/c1-14(17-7-2-3-8-18(17)21)25-19(28)27-11-9-26(10-12-27)16-6-4-5-15(13-16)20(22,23)24/h2-8,13-14H,9-12H2,1H3,(H,25,28)/t14-/m1/s1. The van der Waals surface area contributed by atoms with Gasteiger partial charge < -0.3 is 15.1 Å². The highest BCUT2D eigenvalue weighted by Gasteiger charge is 2.31. The predicted molar refractivity (Wildman–Crippen MR) is 98.6 cm³/mol. The zero-order valence-corrected chi connectivity index (χ0v) is 15.3. The Morgan fingerprint density at radius 3 is 2.36 bits per heavy atom. The van der Waals surface area contributed by atoms with Gasteiger partial charge in [0.25, 0.3) is 0 Å². The normalized spacial score (nSPS) is 16.0. The van der Waals surface area contributed by atoms with Crippen LogP contribution >= 0.6 is 0 Å². The first-order valence-electron chi connectivity index (χ1n) is 8.98. The molecule has 28 heavy (non-hydrogen) atoms. The van der Waals surface area contributed by atoms with Gasteiger partial charge in [0.15, 0.2) is 0 Å². The monoisotopic (exact) mass is 395 g/mol. The quantitative estimate of drug-likeness (QED) is 0.780. The van der Waals surface area contributed by atoms with E-state index < -0.39 is 17.8 Å². The van der Waals surface area contributed by atoms with Crippen molar-refractivity contribution in [2.45, 2.75) is 19.1 Å². The van der Waals surface area contributed by atoms with Crippen molar-refractivity contribution in [1.29, 1.82) is 0 Å². The van der Waals surface area contributed by atoms with Crippen molar-refractivity contribution in [1.82, 2.24) is 10.2 Å². The molecule has 0 aliphatic carbocycles. The molecule has 0 aromatic heterocycles. The summed E-state index contributed by atoms with van der Waals surface area (Å²) in [6.07, 6.45) is -4.39. The van der Waals surface area contributed by atoms with Crippen LogP contribution in [0.5, 0.6) is 0 Å². The molecular formula is C20H21F4N3O. The molecule has 0 spiro atoms. The molecule has 1 aliphatic heterocycles. The third-order valence-corrected chi connectivity index (χ3v) is 4.82. The maximum absolute atomic E-state index is 13.8. The number of carbonyl (C=O) groups excluding carboxylic acids is 1. The van der Waals surface area contributed by atoms with E-state index in [0.717, 1.165) is 12.1 Å².